The van der Waals surface area contributed by atoms with Crippen LogP contribution in [-0.2, 0) is 11.3 Å². The van der Waals surface area contributed by atoms with Gasteiger partial charge in [-0.05, 0) is 24.6 Å². The number of hydrogen-bond donors (Lipinski definition) is 2. The largest absolute Gasteiger partial charge is 0.497 e. The molecule has 0 spiro atoms. The molecule has 1 aliphatic rings. The molecule has 2 rings (SSSR count). The molecule has 0 bridgehead atoms. The van der Waals surface area contributed by atoms with Crippen LogP contribution in [0.25, 0.3) is 0 Å². The van der Waals surface area contributed by atoms with Gasteiger partial charge in [0.05, 0.1) is 26.4 Å². The summed E-state index contributed by atoms with van der Waals surface area (Å²) in [7, 11) is 1.64. The molecular weight excluding hydrogens is 244 g/mol. The van der Waals surface area contributed by atoms with E-state index in [1.165, 1.54) is 0 Å². The van der Waals surface area contributed by atoms with E-state index in [0.717, 1.165) is 24.4 Å². The van der Waals surface area contributed by atoms with Crippen molar-refractivity contribution in [2.45, 2.75) is 25.6 Å². The highest BCUT2D eigenvalue weighted by Gasteiger charge is 2.25. The van der Waals surface area contributed by atoms with Gasteiger partial charge >= 0.3 is 0 Å². The third-order valence-corrected chi connectivity index (χ3v) is 3.45. The number of nitrogens with two attached hydrogens (primary N) is 1. The van der Waals surface area contributed by atoms with Crippen LogP contribution in [0.1, 0.15) is 12.5 Å². The summed E-state index contributed by atoms with van der Waals surface area (Å²) in [6.45, 7) is 4.34. The van der Waals surface area contributed by atoms with Gasteiger partial charge in [-0.3, -0.25) is 4.90 Å². The lowest BCUT2D eigenvalue weighted by molar-refractivity contribution is -0.0805. The topological polar surface area (TPSA) is 68.0 Å². The molecule has 0 aliphatic carbocycles. The van der Waals surface area contributed by atoms with E-state index in [1.54, 1.807) is 7.11 Å². The number of hydrogen-bond acceptors (Lipinski definition) is 5. The number of nitrogens with zero attached hydrogens (tertiary/aromatic N) is 1. The van der Waals surface area contributed by atoms with E-state index in [0.29, 0.717) is 18.3 Å². The van der Waals surface area contributed by atoms with Crippen molar-refractivity contribution >= 4 is 5.69 Å². The average molecular weight is 266 g/mol. The Labute approximate surface area is 113 Å². The Morgan fingerprint density at radius 2 is 2.26 bits per heavy atom. The monoisotopic (exact) mass is 266 g/mol. The third kappa shape index (κ3) is 3.59. The molecule has 1 aliphatic heterocycles. The second-order valence-electron chi connectivity index (χ2n) is 5.03. The lowest BCUT2D eigenvalue weighted by Crippen LogP contribution is -2.48. The number of rotatable bonds is 4. The van der Waals surface area contributed by atoms with Crippen LogP contribution in [-0.4, -0.2) is 49.0 Å². The number of anilines is 1. The number of ether oxygens (including phenoxy) is 2. The number of aliphatic hydroxyl groups excluding tert-OH is 1. The first-order valence-corrected chi connectivity index (χ1v) is 6.52. The van der Waals surface area contributed by atoms with Crippen molar-refractivity contribution in [1.29, 1.82) is 0 Å². The molecular formula is C14H22N2O3. The molecule has 2 unspecified atom stereocenters. The SMILES string of the molecule is COc1cc(N)cc(CN2CC(CO)OCC2C)c1. The van der Waals surface area contributed by atoms with E-state index < -0.39 is 0 Å². The van der Waals surface area contributed by atoms with E-state index in [2.05, 4.69) is 11.8 Å². The van der Waals surface area contributed by atoms with Crippen molar-refractivity contribution in [3.8, 4) is 5.75 Å². The summed E-state index contributed by atoms with van der Waals surface area (Å²) < 4.78 is 10.8. The second kappa shape index (κ2) is 6.23. The van der Waals surface area contributed by atoms with Crippen LogP contribution >= 0.6 is 0 Å². The van der Waals surface area contributed by atoms with Gasteiger partial charge in [0.15, 0.2) is 0 Å². The van der Waals surface area contributed by atoms with Gasteiger partial charge in [0.1, 0.15) is 5.75 Å². The minimum atomic E-state index is -0.0980. The van der Waals surface area contributed by atoms with Crippen molar-refractivity contribution in [1.82, 2.24) is 4.90 Å². The first kappa shape index (κ1) is 14.1. The summed E-state index contributed by atoms with van der Waals surface area (Å²) in [6.07, 6.45) is -0.0980. The normalized spacial score (nSPS) is 24.4. The third-order valence-electron chi connectivity index (χ3n) is 3.45. The maximum absolute atomic E-state index is 9.20. The average Bonchev–Trinajstić information content (AvgIpc) is 2.40. The minimum absolute atomic E-state index is 0.0590. The van der Waals surface area contributed by atoms with E-state index in [9.17, 15) is 5.11 Å². The van der Waals surface area contributed by atoms with Crippen LogP contribution in [0, 0.1) is 0 Å². The van der Waals surface area contributed by atoms with Gasteiger partial charge in [0.25, 0.3) is 0 Å². The fourth-order valence-corrected chi connectivity index (χ4v) is 2.34. The summed E-state index contributed by atoms with van der Waals surface area (Å²) in [4.78, 5) is 2.29. The fraction of sp³-hybridized carbons (Fsp3) is 0.571. The predicted molar refractivity (Wildman–Crippen MR) is 74.1 cm³/mol. The first-order valence-electron chi connectivity index (χ1n) is 6.52. The van der Waals surface area contributed by atoms with Gasteiger partial charge < -0.3 is 20.3 Å². The number of benzene rings is 1. The van der Waals surface area contributed by atoms with Crippen LogP contribution in [0.5, 0.6) is 5.75 Å². The zero-order valence-corrected chi connectivity index (χ0v) is 11.5. The Morgan fingerprint density at radius 1 is 1.47 bits per heavy atom. The highest BCUT2D eigenvalue weighted by Crippen LogP contribution is 2.22. The summed E-state index contributed by atoms with van der Waals surface area (Å²) >= 11 is 0. The molecule has 0 aromatic heterocycles. The van der Waals surface area contributed by atoms with Crippen LogP contribution in [0.2, 0.25) is 0 Å². The van der Waals surface area contributed by atoms with Crippen LogP contribution < -0.4 is 10.5 Å². The number of morpholine rings is 1. The van der Waals surface area contributed by atoms with Gasteiger partial charge in [0.2, 0.25) is 0 Å². The van der Waals surface area contributed by atoms with Gasteiger partial charge in [-0.25, -0.2) is 0 Å². The number of methoxy groups -OCH3 is 1. The molecule has 106 valence electrons. The minimum Gasteiger partial charge on any atom is -0.497 e. The second-order valence-corrected chi connectivity index (χ2v) is 5.03. The quantitative estimate of drug-likeness (QED) is 0.791. The molecule has 19 heavy (non-hydrogen) atoms. The molecule has 5 nitrogen and oxygen atoms in total. The molecule has 1 saturated heterocycles. The van der Waals surface area contributed by atoms with E-state index >= 15 is 0 Å². The van der Waals surface area contributed by atoms with Crippen molar-refractivity contribution in [2.75, 3.05) is 32.6 Å². The summed E-state index contributed by atoms with van der Waals surface area (Å²) in [5.74, 6) is 0.773. The number of aliphatic hydroxyl groups is 1. The molecule has 0 amide bonds. The molecule has 1 aromatic carbocycles. The lowest BCUT2D eigenvalue weighted by atomic mass is 10.1. The molecule has 3 N–H and O–H groups in total. The molecule has 0 radical (unpaired) electrons. The van der Waals surface area contributed by atoms with Crippen molar-refractivity contribution in [2.24, 2.45) is 0 Å². The van der Waals surface area contributed by atoms with Gasteiger partial charge in [0, 0.05) is 30.9 Å². The van der Waals surface area contributed by atoms with Gasteiger partial charge in [-0.15, -0.1) is 0 Å². The van der Waals surface area contributed by atoms with Crippen molar-refractivity contribution in [3.05, 3.63) is 23.8 Å². The standard InChI is InChI=1S/C14H22N2O3/c1-10-9-19-14(8-17)7-16(10)6-11-3-12(15)5-13(4-11)18-2/h3-5,10,14,17H,6-9,15H2,1-2H3. The van der Waals surface area contributed by atoms with Gasteiger partial charge in [-0.1, -0.05) is 0 Å². The van der Waals surface area contributed by atoms with Crippen LogP contribution in [0.3, 0.4) is 0 Å². The smallest absolute Gasteiger partial charge is 0.121 e. The molecule has 5 heteroatoms. The fourth-order valence-electron chi connectivity index (χ4n) is 2.34. The van der Waals surface area contributed by atoms with Crippen LogP contribution in [0.15, 0.2) is 18.2 Å². The Hall–Kier alpha value is -1.30. The summed E-state index contributed by atoms with van der Waals surface area (Å²) in [5.41, 5.74) is 7.68. The van der Waals surface area contributed by atoms with Crippen LogP contribution in [0.4, 0.5) is 5.69 Å². The van der Waals surface area contributed by atoms with Crippen molar-refractivity contribution < 1.29 is 14.6 Å². The highest BCUT2D eigenvalue weighted by molar-refractivity contribution is 5.47. The maximum atomic E-state index is 9.20. The zero-order chi connectivity index (χ0) is 13.8. The molecule has 2 atom stereocenters. The van der Waals surface area contributed by atoms with Gasteiger partial charge in [-0.2, -0.15) is 0 Å². The Balaban J connectivity index is 2.08. The van der Waals surface area contributed by atoms with E-state index in [1.807, 2.05) is 18.2 Å². The number of nitrogen functional groups attached to an aromatic ring is 1. The maximum Gasteiger partial charge on any atom is 0.121 e. The molecule has 1 fully saturated rings. The lowest BCUT2D eigenvalue weighted by Gasteiger charge is -2.37. The summed E-state index contributed by atoms with van der Waals surface area (Å²) in [6, 6.07) is 6.09. The molecule has 1 aromatic rings. The van der Waals surface area contributed by atoms with Crippen molar-refractivity contribution in [3.63, 3.8) is 0 Å². The summed E-state index contributed by atoms with van der Waals surface area (Å²) in [5, 5.41) is 9.20. The molecule has 1 heterocycles. The zero-order valence-electron chi connectivity index (χ0n) is 11.5. The Bertz CT molecular complexity index is 425. The first-order chi connectivity index (χ1) is 9.12. The predicted octanol–water partition coefficient (Wildman–Crippen LogP) is 0.859. The molecule has 0 saturated carbocycles. The Kier molecular flexibility index (Phi) is 4.63. The Morgan fingerprint density at radius 3 is 2.95 bits per heavy atom. The highest BCUT2D eigenvalue weighted by atomic mass is 16.5. The van der Waals surface area contributed by atoms with E-state index in [4.69, 9.17) is 15.2 Å². The van der Waals surface area contributed by atoms with E-state index in [-0.39, 0.29) is 12.7 Å².